The molecule has 3 rings (SSSR count). The van der Waals surface area contributed by atoms with Crippen molar-refractivity contribution in [3.05, 3.63) is 16.6 Å². The summed E-state index contributed by atoms with van der Waals surface area (Å²) < 4.78 is 3.17. The lowest BCUT2D eigenvalue weighted by Crippen LogP contribution is -2.55. The van der Waals surface area contributed by atoms with E-state index in [0.717, 1.165) is 19.0 Å². The van der Waals surface area contributed by atoms with Gasteiger partial charge in [-0.25, -0.2) is 9.67 Å². The van der Waals surface area contributed by atoms with Crippen molar-refractivity contribution in [1.29, 1.82) is 0 Å². The molecule has 0 aliphatic carbocycles. The Morgan fingerprint density at radius 2 is 2.36 bits per heavy atom. The predicted octanol–water partition coefficient (Wildman–Crippen LogP) is -1.15. The Kier molecular flexibility index (Phi) is 3.83. The minimum atomic E-state index is -0.173. The van der Waals surface area contributed by atoms with E-state index >= 15 is 0 Å². The van der Waals surface area contributed by atoms with Crippen LogP contribution in [0, 0.1) is 11.8 Å². The second kappa shape index (κ2) is 5.79. The van der Waals surface area contributed by atoms with Crippen LogP contribution in [-0.4, -0.2) is 45.1 Å². The summed E-state index contributed by atoms with van der Waals surface area (Å²) in [7, 11) is 1.63. The molecular formula is C14H19N7O. The summed E-state index contributed by atoms with van der Waals surface area (Å²) in [6.45, 7) is 4.39. The van der Waals surface area contributed by atoms with Crippen molar-refractivity contribution in [1.82, 2.24) is 24.6 Å². The number of anilines is 1. The first kappa shape index (κ1) is 14.6. The SMILES string of the molecule is CC#CCn1c(N2CCNC(N)C2)nc2cnn(C)c(=O)c21. The minimum absolute atomic E-state index is 0.111. The first-order valence-electron chi connectivity index (χ1n) is 7.18. The van der Waals surface area contributed by atoms with E-state index in [-0.39, 0.29) is 11.7 Å². The third kappa shape index (κ3) is 2.45. The summed E-state index contributed by atoms with van der Waals surface area (Å²) >= 11 is 0. The fourth-order valence-electron chi connectivity index (χ4n) is 2.63. The molecule has 0 spiro atoms. The van der Waals surface area contributed by atoms with Crippen LogP contribution in [0.5, 0.6) is 0 Å². The number of piperazine rings is 1. The molecule has 0 radical (unpaired) electrons. The third-order valence-electron chi connectivity index (χ3n) is 3.73. The molecule has 2 aromatic rings. The van der Waals surface area contributed by atoms with Gasteiger partial charge in [-0.2, -0.15) is 5.10 Å². The summed E-state index contributed by atoms with van der Waals surface area (Å²) in [5, 5.41) is 7.23. The van der Waals surface area contributed by atoms with Gasteiger partial charge in [0.15, 0.2) is 0 Å². The van der Waals surface area contributed by atoms with E-state index in [1.54, 1.807) is 20.2 Å². The van der Waals surface area contributed by atoms with Gasteiger partial charge in [0.2, 0.25) is 5.95 Å². The molecule has 116 valence electrons. The molecular weight excluding hydrogens is 282 g/mol. The monoisotopic (exact) mass is 301 g/mol. The van der Waals surface area contributed by atoms with Crippen LogP contribution in [0.25, 0.3) is 11.0 Å². The van der Waals surface area contributed by atoms with Gasteiger partial charge in [0.1, 0.15) is 11.0 Å². The van der Waals surface area contributed by atoms with Crippen LogP contribution in [0.3, 0.4) is 0 Å². The standard InChI is InChI=1S/C14H19N7O/c1-3-4-6-21-12-10(8-17-19(2)13(12)22)18-14(21)20-7-5-16-11(15)9-20/h8,11,16H,5-7,9,15H2,1-2H3. The average Bonchev–Trinajstić information content (AvgIpc) is 2.88. The van der Waals surface area contributed by atoms with E-state index in [9.17, 15) is 4.79 Å². The molecule has 3 heterocycles. The summed E-state index contributed by atoms with van der Waals surface area (Å²) in [5.74, 6) is 6.60. The van der Waals surface area contributed by atoms with E-state index in [2.05, 4.69) is 32.1 Å². The highest BCUT2D eigenvalue weighted by Gasteiger charge is 2.23. The number of hydrogen-bond donors (Lipinski definition) is 2. The molecule has 1 saturated heterocycles. The quantitative estimate of drug-likeness (QED) is 0.680. The Bertz CT molecular complexity index is 810. The molecule has 8 nitrogen and oxygen atoms in total. The average molecular weight is 301 g/mol. The largest absolute Gasteiger partial charge is 0.338 e. The lowest BCUT2D eigenvalue weighted by molar-refractivity contribution is 0.461. The maximum absolute atomic E-state index is 12.4. The number of aromatic nitrogens is 4. The van der Waals surface area contributed by atoms with Crippen LogP contribution in [0.2, 0.25) is 0 Å². The number of imidazole rings is 1. The highest BCUT2D eigenvalue weighted by atomic mass is 16.1. The van der Waals surface area contributed by atoms with Gasteiger partial charge in [-0.1, -0.05) is 5.92 Å². The van der Waals surface area contributed by atoms with E-state index < -0.39 is 0 Å². The lowest BCUT2D eigenvalue weighted by atomic mass is 10.3. The van der Waals surface area contributed by atoms with E-state index in [4.69, 9.17) is 5.73 Å². The molecule has 0 bridgehead atoms. The van der Waals surface area contributed by atoms with Crippen LogP contribution in [0.4, 0.5) is 5.95 Å². The summed E-state index contributed by atoms with van der Waals surface area (Å²) in [5.41, 5.74) is 6.91. The van der Waals surface area contributed by atoms with Gasteiger partial charge in [0, 0.05) is 26.7 Å². The Labute approximate surface area is 127 Å². The molecule has 2 aromatic heterocycles. The number of nitrogens with zero attached hydrogens (tertiary/aromatic N) is 5. The second-order valence-electron chi connectivity index (χ2n) is 5.24. The molecule has 0 saturated carbocycles. The Hall–Kier alpha value is -2.37. The Morgan fingerprint density at radius 1 is 1.55 bits per heavy atom. The number of aryl methyl sites for hydroxylation is 1. The normalized spacial score (nSPS) is 18.3. The summed E-state index contributed by atoms with van der Waals surface area (Å²) in [4.78, 5) is 19.1. The van der Waals surface area contributed by atoms with E-state index in [1.807, 2.05) is 4.57 Å². The lowest BCUT2D eigenvalue weighted by Gasteiger charge is -2.32. The van der Waals surface area contributed by atoms with Gasteiger partial charge in [0.05, 0.1) is 18.9 Å². The van der Waals surface area contributed by atoms with Crippen LogP contribution >= 0.6 is 0 Å². The zero-order valence-corrected chi connectivity index (χ0v) is 12.7. The smallest absolute Gasteiger partial charge is 0.292 e. The molecule has 1 fully saturated rings. The molecule has 1 unspecified atom stereocenters. The second-order valence-corrected chi connectivity index (χ2v) is 5.24. The van der Waals surface area contributed by atoms with Crippen LogP contribution in [-0.2, 0) is 13.6 Å². The zero-order chi connectivity index (χ0) is 15.7. The number of nitrogens with one attached hydrogen (secondary N) is 1. The van der Waals surface area contributed by atoms with Gasteiger partial charge >= 0.3 is 0 Å². The minimum Gasteiger partial charge on any atom is -0.338 e. The number of nitrogens with two attached hydrogens (primary N) is 1. The van der Waals surface area contributed by atoms with Gasteiger partial charge < -0.3 is 10.6 Å². The number of rotatable bonds is 2. The first-order chi connectivity index (χ1) is 10.6. The molecule has 1 aliphatic rings. The van der Waals surface area contributed by atoms with Crippen LogP contribution in [0.15, 0.2) is 11.0 Å². The Balaban J connectivity index is 2.17. The maximum atomic E-state index is 12.4. The van der Waals surface area contributed by atoms with Crippen molar-refractivity contribution in [2.75, 3.05) is 24.5 Å². The van der Waals surface area contributed by atoms with Crippen molar-refractivity contribution in [3.63, 3.8) is 0 Å². The number of hydrogen-bond acceptors (Lipinski definition) is 6. The Morgan fingerprint density at radius 3 is 3.09 bits per heavy atom. The van der Waals surface area contributed by atoms with Crippen molar-refractivity contribution >= 4 is 17.0 Å². The van der Waals surface area contributed by atoms with Crippen molar-refractivity contribution in [2.24, 2.45) is 12.8 Å². The van der Waals surface area contributed by atoms with Crippen LogP contribution < -0.4 is 21.5 Å². The molecule has 1 atom stereocenters. The molecule has 0 amide bonds. The third-order valence-corrected chi connectivity index (χ3v) is 3.73. The molecule has 0 aromatic carbocycles. The van der Waals surface area contributed by atoms with Gasteiger partial charge in [-0.15, -0.1) is 5.92 Å². The van der Waals surface area contributed by atoms with Gasteiger partial charge in [0.25, 0.3) is 5.56 Å². The van der Waals surface area contributed by atoms with Gasteiger partial charge in [-0.3, -0.25) is 14.7 Å². The zero-order valence-electron chi connectivity index (χ0n) is 12.7. The number of fused-ring (bicyclic) bond motifs is 1. The molecule has 22 heavy (non-hydrogen) atoms. The fourth-order valence-corrected chi connectivity index (χ4v) is 2.63. The molecule has 1 aliphatic heterocycles. The fraction of sp³-hybridized carbons (Fsp3) is 0.500. The van der Waals surface area contributed by atoms with Crippen molar-refractivity contribution in [3.8, 4) is 11.8 Å². The molecule has 3 N–H and O–H groups in total. The topological polar surface area (TPSA) is 94.0 Å². The molecule has 8 heteroatoms. The van der Waals surface area contributed by atoms with Crippen LogP contribution in [0.1, 0.15) is 6.92 Å². The maximum Gasteiger partial charge on any atom is 0.292 e. The van der Waals surface area contributed by atoms with Gasteiger partial charge in [-0.05, 0) is 6.92 Å². The van der Waals surface area contributed by atoms with E-state index in [1.165, 1.54) is 4.68 Å². The van der Waals surface area contributed by atoms with E-state index in [0.29, 0.717) is 24.1 Å². The predicted molar refractivity (Wildman–Crippen MR) is 84.4 cm³/mol. The summed E-state index contributed by atoms with van der Waals surface area (Å²) in [6, 6.07) is 0. The summed E-state index contributed by atoms with van der Waals surface area (Å²) in [6.07, 6.45) is 1.50. The highest BCUT2D eigenvalue weighted by Crippen LogP contribution is 2.20. The first-order valence-corrected chi connectivity index (χ1v) is 7.18. The van der Waals surface area contributed by atoms with Crippen molar-refractivity contribution < 1.29 is 0 Å². The highest BCUT2D eigenvalue weighted by molar-refractivity contribution is 5.77. The van der Waals surface area contributed by atoms with Crippen molar-refractivity contribution in [2.45, 2.75) is 19.6 Å².